The molecule has 0 saturated heterocycles. The van der Waals surface area contributed by atoms with Crippen LogP contribution in [-0.2, 0) is 0 Å². The van der Waals surface area contributed by atoms with Gasteiger partial charge in [0.15, 0.2) is 11.9 Å². The van der Waals surface area contributed by atoms with Crippen LogP contribution in [0.4, 0.5) is 0 Å². The van der Waals surface area contributed by atoms with E-state index in [-0.39, 0.29) is 0 Å². The van der Waals surface area contributed by atoms with Gasteiger partial charge in [0.1, 0.15) is 0 Å². The number of amidine groups is 1. The van der Waals surface area contributed by atoms with E-state index >= 15 is 0 Å². The molecular formula is C13H17N4+. The van der Waals surface area contributed by atoms with Gasteiger partial charge in [0.25, 0.3) is 0 Å². The normalized spacial score (nSPS) is 18.2. The standard InChI is InChI=1S/C13H16N4/c1-2-7-15-12-5-3-10(4-6-12)13-16-8-11(14)9-17-13/h3,5,8H,2,4,6-7,14H2,1H3/p+1. The zero-order chi connectivity index (χ0) is 12.1. The number of aliphatic imine (C=N–C) groups is 1. The Hall–Kier alpha value is -2.02. The first kappa shape index (κ1) is 11.5. The van der Waals surface area contributed by atoms with E-state index in [0.29, 0.717) is 5.70 Å². The first-order valence-electron chi connectivity index (χ1n) is 5.93. The second kappa shape index (κ2) is 5.35. The number of allylic oxidation sites excluding steroid dienone is 4. The Balaban J connectivity index is 2.11. The Morgan fingerprint density at radius 1 is 1.47 bits per heavy atom. The fraction of sp³-hybridized carbons (Fsp3) is 0.385. The zero-order valence-electron chi connectivity index (χ0n) is 10.0. The lowest BCUT2D eigenvalue weighted by atomic mass is 10.0. The van der Waals surface area contributed by atoms with Crippen molar-refractivity contribution in [2.75, 3.05) is 6.54 Å². The summed E-state index contributed by atoms with van der Waals surface area (Å²) in [6.07, 6.45) is 8.89. The minimum absolute atomic E-state index is 0.478. The van der Waals surface area contributed by atoms with Gasteiger partial charge in [-0.05, 0) is 36.4 Å². The van der Waals surface area contributed by atoms with E-state index in [1.807, 2.05) is 0 Å². The molecule has 2 aliphatic rings. The van der Waals surface area contributed by atoms with Gasteiger partial charge in [-0.3, -0.25) is 0 Å². The van der Waals surface area contributed by atoms with Crippen LogP contribution in [0.2, 0.25) is 0 Å². The van der Waals surface area contributed by atoms with Gasteiger partial charge in [-0.25, -0.2) is 0 Å². The summed E-state index contributed by atoms with van der Waals surface area (Å²) in [5.74, 6) is 3.46. The van der Waals surface area contributed by atoms with Crippen molar-refractivity contribution in [2.24, 2.45) is 10.7 Å². The van der Waals surface area contributed by atoms with E-state index in [1.165, 1.54) is 5.70 Å². The van der Waals surface area contributed by atoms with Crippen molar-refractivity contribution in [3.05, 3.63) is 29.1 Å². The van der Waals surface area contributed by atoms with E-state index in [9.17, 15) is 0 Å². The number of nitrogens with two attached hydrogens (primary N) is 1. The molecule has 0 radical (unpaired) electrons. The molecule has 0 fully saturated rings. The molecule has 0 atom stereocenters. The van der Waals surface area contributed by atoms with E-state index in [2.05, 4.69) is 39.9 Å². The average Bonchev–Trinajstić information content (AvgIpc) is 2.38. The smallest absolute Gasteiger partial charge is 0.388 e. The SMILES string of the molecule is CCCNC1=CC=C(C2=[N+]=C=C(N)C=N2)CC1. The number of rotatable bonds is 4. The first-order valence-corrected chi connectivity index (χ1v) is 5.93. The Bertz CT molecular complexity index is 496. The summed E-state index contributed by atoms with van der Waals surface area (Å²) >= 11 is 0. The highest BCUT2D eigenvalue weighted by Crippen LogP contribution is 2.17. The second-order valence-corrected chi connectivity index (χ2v) is 4.07. The lowest BCUT2D eigenvalue weighted by Crippen LogP contribution is -2.18. The molecule has 3 N–H and O–H groups in total. The predicted molar refractivity (Wildman–Crippen MR) is 72.0 cm³/mol. The van der Waals surface area contributed by atoms with Crippen LogP contribution in [0.1, 0.15) is 26.2 Å². The molecule has 0 amide bonds. The Morgan fingerprint density at radius 2 is 2.35 bits per heavy atom. The molecule has 88 valence electrons. The van der Waals surface area contributed by atoms with Crippen LogP contribution in [0.3, 0.4) is 0 Å². The summed E-state index contributed by atoms with van der Waals surface area (Å²) in [5, 5.41) is 3.40. The Kier molecular flexibility index (Phi) is 3.61. The van der Waals surface area contributed by atoms with Gasteiger partial charge in [-0.1, -0.05) is 6.92 Å². The summed E-state index contributed by atoms with van der Waals surface area (Å²) in [6, 6.07) is 0. The Morgan fingerprint density at radius 3 is 2.94 bits per heavy atom. The number of nitrogens with zero attached hydrogens (tertiary/aromatic N) is 2. The molecule has 0 bridgehead atoms. The highest BCUT2D eigenvalue weighted by molar-refractivity contribution is 6.09. The van der Waals surface area contributed by atoms with Crippen molar-refractivity contribution in [3.8, 4) is 0 Å². The van der Waals surface area contributed by atoms with Crippen molar-refractivity contribution in [2.45, 2.75) is 26.2 Å². The van der Waals surface area contributed by atoms with Crippen LogP contribution in [0.5, 0.6) is 0 Å². The molecule has 1 heterocycles. The highest BCUT2D eigenvalue weighted by Gasteiger charge is 2.20. The van der Waals surface area contributed by atoms with Gasteiger partial charge in [0, 0.05) is 12.2 Å². The fourth-order valence-corrected chi connectivity index (χ4v) is 1.72. The largest absolute Gasteiger partial charge is 0.429 e. The van der Waals surface area contributed by atoms with Crippen LogP contribution in [0.25, 0.3) is 0 Å². The molecule has 0 saturated carbocycles. The fourth-order valence-electron chi connectivity index (χ4n) is 1.72. The molecule has 4 nitrogen and oxygen atoms in total. The van der Waals surface area contributed by atoms with Gasteiger partial charge >= 0.3 is 5.84 Å². The molecule has 0 aromatic rings. The molecule has 0 spiro atoms. The molecule has 1 aliphatic carbocycles. The van der Waals surface area contributed by atoms with E-state index < -0.39 is 0 Å². The Labute approximate surface area is 101 Å². The molecular weight excluding hydrogens is 212 g/mol. The summed E-state index contributed by atoms with van der Waals surface area (Å²) in [7, 11) is 0. The molecule has 4 heteroatoms. The van der Waals surface area contributed by atoms with Crippen LogP contribution >= 0.6 is 0 Å². The third kappa shape index (κ3) is 2.97. The average molecular weight is 229 g/mol. The first-order chi connectivity index (χ1) is 8.29. The van der Waals surface area contributed by atoms with E-state index in [4.69, 9.17) is 5.73 Å². The van der Waals surface area contributed by atoms with Crippen molar-refractivity contribution >= 4 is 17.9 Å². The van der Waals surface area contributed by atoms with E-state index in [0.717, 1.165) is 37.2 Å². The van der Waals surface area contributed by atoms with Crippen LogP contribution in [-0.4, -0.2) is 24.5 Å². The minimum atomic E-state index is 0.478. The number of hydrogen-bond acceptors (Lipinski definition) is 3. The molecule has 17 heavy (non-hydrogen) atoms. The van der Waals surface area contributed by atoms with Crippen molar-refractivity contribution in [1.82, 2.24) is 9.98 Å². The minimum Gasteiger partial charge on any atom is -0.388 e. The lowest BCUT2D eigenvalue weighted by molar-refractivity contribution is 0.720. The van der Waals surface area contributed by atoms with E-state index in [1.54, 1.807) is 6.21 Å². The molecule has 0 unspecified atom stereocenters. The van der Waals surface area contributed by atoms with Gasteiger partial charge < -0.3 is 11.1 Å². The topological polar surface area (TPSA) is 64.5 Å². The van der Waals surface area contributed by atoms with Crippen LogP contribution < -0.4 is 15.7 Å². The zero-order valence-corrected chi connectivity index (χ0v) is 10.0. The quantitative estimate of drug-likeness (QED) is 0.695. The molecule has 2 rings (SSSR count). The summed E-state index contributed by atoms with van der Waals surface area (Å²) in [6.45, 7) is 3.19. The van der Waals surface area contributed by atoms with Gasteiger partial charge in [-0.2, -0.15) is 0 Å². The van der Waals surface area contributed by atoms with Crippen LogP contribution in [0, 0.1) is 0 Å². The van der Waals surface area contributed by atoms with Crippen molar-refractivity contribution < 1.29 is 0 Å². The maximum Gasteiger partial charge on any atom is 0.429 e. The molecule has 1 aliphatic heterocycles. The highest BCUT2D eigenvalue weighted by atomic mass is 14.9. The summed E-state index contributed by atoms with van der Waals surface area (Å²) in [4.78, 5) is 4.20. The maximum absolute atomic E-state index is 5.51. The van der Waals surface area contributed by atoms with Crippen molar-refractivity contribution in [1.29, 1.82) is 0 Å². The molecule has 0 aromatic carbocycles. The predicted octanol–water partition coefficient (Wildman–Crippen LogP) is 0.652. The second-order valence-electron chi connectivity index (χ2n) is 4.07. The molecule has 0 aromatic heterocycles. The monoisotopic (exact) mass is 229 g/mol. The lowest BCUT2D eigenvalue weighted by Gasteiger charge is -2.12. The summed E-state index contributed by atoms with van der Waals surface area (Å²) in [5.41, 5.74) is 8.42. The van der Waals surface area contributed by atoms with Crippen molar-refractivity contribution in [3.63, 3.8) is 0 Å². The maximum atomic E-state index is 5.51. The third-order valence-electron chi connectivity index (χ3n) is 2.66. The van der Waals surface area contributed by atoms with Gasteiger partial charge in [-0.15, -0.1) is 4.67 Å². The van der Waals surface area contributed by atoms with Gasteiger partial charge in [0.05, 0.1) is 5.57 Å². The number of hydrogen-bond donors (Lipinski definition) is 2. The number of nitrogens with one attached hydrogen (secondary N) is 1. The third-order valence-corrected chi connectivity index (χ3v) is 2.66. The summed E-state index contributed by atoms with van der Waals surface area (Å²) < 4.78 is 4.11. The van der Waals surface area contributed by atoms with Crippen LogP contribution in [0.15, 0.2) is 34.1 Å². The van der Waals surface area contributed by atoms with Gasteiger partial charge in [0.2, 0.25) is 5.87 Å².